The summed E-state index contributed by atoms with van der Waals surface area (Å²) in [6.07, 6.45) is 3.08. The van der Waals surface area contributed by atoms with E-state index in [0.717, 1.165) is 25.7 Å². The van der Waals surface area contributed by atoms with Crippen molar-refractivity contribution in [2.75, 3.05) is 0 Å². The van der Waals surface area contributed by atoms with Gasteiger partial charge in [-0.3, -0.25) is 0 Å². The third-order valence-corrected chi connectivity index (χ3v) is 5.05. The van der Waals surface area contributed by atoms with E-state index >= 15 is 0 Å². The van der Waals surface area contributed by atoms with Gasteiger partial charge in [0.1, 0.15) is 0 Å². The van der Waals surface area contributed by atoms with E-state index in [1.54, 1.807) is 5.06 Å². The van der Waals surface area contributed by atoms with Crippen LogP contribution in [0.25, 0.3) is 0 Å². The average molecular weight is 225 g/mol. The van der Waals surface area contributed by atoms with E-state index < -0.39 is 0 Å². The van der Waals surface area contributed by atoms with Crippen LogP contribution in [0, 0.1) is 0 Å². The molecule has 91 valence electrons. The first-order valence-electron chi connectivity index (χ1n) is 6.11. The minimum Gasteiger partial charge on any atom is -0.313 e. The fourth-order valence-electron chi connectivity index (χ4n) is 5.42. The van der Waals surface area contributed by atoms with E-state index in [-0.39, 0.29) is 22.2 Å². The van der Waals surface area contributed by atoms with E-state index in [2.05, 4.69) is 27.7 Å². The summed E-state index contributed by atoms with van der Waals surface area (Å²) in [6, 6.07) is 0. The zero-order chi connectivity index (χ0) is 12.0. The molecule has 0 amide bonds. The first-order valence-corrected chi connectivity index (χ1v) is 6.11. The quantitative estimate of drug-likeness (QED) is 0.685. The molecule has 4 fully saturated rings. The van der Waals surface area contributed by atoms with Crippen LogP contribution in [0.15, 0.2) is 0 Å². The second-order valence-electron chi connectivity index (χ2n) is 7.30. The molecule has 0 aromatic heterocycles. The summed E-state index contributed by atoms with van der Waals surface area (Å²) in [5.41, 5.74) is -1.05. The van der Waals surface area contributed by atoms with E-state index in [1.807, 2.05) is 0 Å². The SMILES string of the molecule is CC12CC3(C)CC(C)(CC(C)(C1)N3O)N2[O]. The second kappa shape index (κ2) is 2.48. The Hall–Kier alpha value is -0.160. The molecule has 0 spiro atoms. The number of nitrogens with zero attached hydrogens (tertiary/aromatic N) is 2. The molecule has 0 atom stereocenters. The molecule has 0 aromatic carbocycles. The van der Waals surface area contributed by atoms with Gasteiger partial charge in [-0.05, 0) is 53.4 Å². The van der Waals surface area contributed by atoms with Gasteiger partial charge < -0.3 is 5.21 Å². The maximum absolute atomic E-state index is 12.4. The molecule has 0 unspecified atom stereocenters. The predicted molar refractivity (Wildman–Crippen MR) is 58.2 cm³/mol. The van der Waals surface area contributed by atoms with Gasteiger partial charge in [-0.15, -0.1) is 10.3 Å². The van der Waals surface area contributed by atoms with Crippen LogP contribution >= 0.6 is 0 Å². The number of rotatable bonds is 0. The van der Waals surface area contributed by atoms with Crippen molar-refractivity contribution in [1.29, 1.82) is 0 Å². The maximum Gasteiger partial charge on any atom is 0.0508 e. The van der Waals surface area contributed by atoms with Crippen molar-refractivity contribution >= 4 is 0 Å². The first-order chi connectivity index (χ1) is 7.14. The summed E-state index contributed by atoms with van der Waals surface area (Å²) in [5.74, 6) is 0. The van der Waals surface area contributed by atoms with Crippen molar-refractivity contribution in [2.45, 2.75) is 75.5 Å². The van der Waals surface area contributed by atoms with E-state index in [0.29, 0.717) is 0 Å². The zero-order valence-corrected chi connectivity index (χ0v) is 10.6. The maximum atomic E-state index is 12.4. The zero-order valence-electron chi connectivity index (χ0n) is 10.6. The van der Waals surface area contributed by atoms with Gasteiger partial charge in [0, 0.05) is 11.1 Å². The first kappa shape index (κ1) is 11.0. The minimum absolute atomic E-state index is 0.227. The molecule has 4 rings (SSSR count). The summed E-state index contributed by atoms with van der Waals surface area (Å²) in [4.78, 5) is 0. The highest BCUT2D eigenvalue weighted by molar-refractivity contribution is 5.22. The lowest BCUT2D eigenvalue weighted by atomic mass is 9.53. The summed E-state index contributed by atoms with van der Waals surface area (Å²) < 4.78 is 0. The van der Waals surface area contributed by atoms with Gasteiger partial charge in [0.05, 0.1) is 11.1 Å². The molecule has 4 aliphatic rings. The molecule has 0 aromatic rings. The van der Waals surface area contributed by atoms with Crippen molar-refractivity contribution in [3.05, 3.63) is 0 Å². The Morgan fingerprint density at radius 3 is 1.44 bits per heavy atom. The largest absolute Gasteiger partial charge is 0.313 e. The molecular formula is C12H21N2O2. The smallest absolute Gasteiger partial charge is 0.0508 e. The van der Waals surface area contributed by atoms with Crippen LogP contribution in [-0.2, 0) is 5.21 Å². The fraction of sp³-hybridized carbons (Fsp3) is 1.00. The molecule has 1 N–H and O–H groups in total. The van der Waals surface area contributed by atoms with Crippen LogP contribution in [0.1, 0.15) is 53.4 Å². The van der Waals surface area contributed by atoms with Gasteiger partial charge in [-0.2, -0.15) is 5.06 Å². The van der Waals surface area contributed by atoms with Gasteiger partial charge in [0.2, 0.25) is 0 Å². The van der Waals surface area contributed by atoms with E-state index in [9.17, 15) is 10.4 Å². The summed E-state index contributed by atoms with van der Waals surface area (Å²) in [6.45, 7) is 8.29. The third-order valence-electron chi connectivity index (χ3n) is 5.05. The highest BCUT2D eigenvalue weighted by atomic mass is 16.5. The van der Waals surface area contributed by atoms with Gasteiger partial charge in [-0.25, -0.2) is 0 Å². The van der Waals surface area contributed by atoms with Gasteiger partial charge >= 0.3 is 0 Å². The molecule has 0 saturated carbocycles. The van der Waals surface area contributed by atoms with E-state index in [4.69, 9.17) is 0 Å². The Morgan fingerprint density at radius 2 is 1.12 bits per heavy atom. The van der Waals surface area contributed by atoms with Crippen molar-refractivity contribution in [2.24, 2.45) is 0 Å². The molecule has 0 aliphatic carbocycles. The fourth-order valence-corrected chi connectivity index (χ4v) is 5.42. The molecular weight excluding hydrogens is 204 g/mol. The minimum atomic E-state index is -0.298. The van der Waals surface area contributed by atoms with Crippen LogP contribution < -0.4 is 0 Å². The van der Waals surface area contributed by atoms with Crippen LogP contribution in [0.2, 0.25) is 0 Å². The lowest BCUT2D eigenvalue weighted by Gasteiger charge is -2.72. The van der Waals surface area contributed by atoms with Gasteiger partial charge in [-0.1, -0.05) is 0 Å². The molecule has 4 nitrogen and oxygen atoms in total. The van der Waals surface area contributed by atoms with Crippen LogP contribution in [0.5, 0.6) is 0 Å². The Bertz CT molecular complexity index is 281. The summed E-state index contributed by atoms with van der Waals surface area (Å²) >= 11 is 0. The van der Waals surface area contributed by atoms with Crippen molar-refractivity contribution < 1.29 is 10.4 Å². The Kier molecular flexibility index (Phi) is 1.70. The lowest BCUT2D eigenvalue weighted by Crippen LogP contribution is -2.83. The lowest BCUT2D eigenvalue weighted by molar-refractivity contribution is -0.415. The number of piperidine rings is 4. The van der Waals surface area contributed by atoms with Crippen molar-refractivity contribution in [3.63, 3.8) is 0 Å². The number of hydroxylamine groups is 4. The highest BCUT2D eigenvalue weighted by Gasteiger charge is 2.70. The molecule has 4 saturated heterocycles. The molecule has 1 radical (unpaired) electrons. The Labute approximate surface area is 96.8 Å². The topological polar surface area (TPSA) is 46.6 Å². The second-order valence-corrected chi connectivity index (χ2v) is 7.30. The molecule has 4 heterocycles. The van der Waals surface area contributed by atoms with Crippen molar-refractivity contribution in [1.82, 2.24) is 10.1 Å². The Morgan fingerprint density at radius 1 is 0.812 bits per heavy atom. The Balaban J connectivity index is 2.15. The summed E-state index contributed by atoms with van der Waals surface area (Å²) in [5, 5.41) is 25.7. The van der Waals surface area contributed by atoms with E-state index in [1.165, 1.54) is 5.06 Å². The molecule has 16 heavy (non-hydrogen) atoms. The van der Waals surface area contributed by atoms with Gasteiger partial charge in [0.25, 0.3) is 0 Å². The standard InChI is InChI=1S/C12H21N2O2/c1-9-5-10(2)7-12(4,13(9)15)8-11(3,6-9)14(10)16/h15H,5-8H2,1-4H3. The number of hydrogen-bond acceptors (Lipinski definition) is 3. The molecule has 4 aliphatic heterocycles. The molecule has 4 bridgehead atoms. The monoisotopic (exact) mass is 225 g/mol. The number of hydrogen-bond donors (Lipinski definition) is 1. The summed E-state index contributed by atoms with van der Waals surface area (Å²) in [7, 11) is 0. The van der Waals surface area contributed by atoms with Crippen LogP contribution in [-0.4, -0.2) is 37.5 Å². The van der Waals surface area contributed by atoms with Gasteiger partial charge in [0.15, 0.2) is 0 Å². The molecule has 4 heteroatoms. The normalized spacial score (nSPS) is 61.9. The third kappa shape index (κ3) is 0.997. The van der Waals surface area contributed by atoms with Crippen LogP contribution in [0.3, 0.4) is 0 Å². The average Bonchev–Trinajstić information content (AvgIpc) is 2.08. The van der Waals surface area contributed by atoms with Crippen molar-refractivity contribution in [3.8, 4) is 0 Å². The highest BCUT2D eigenvalue weighted by Crippen LogP contribution is 2.62. The predicted octanol–water partition coefficient (Wildman–Crippen LogP) is 1.96. The van der Waals surface area contributed by atoms with Crippen LogP contribution in [0.4, 0.5) is 0 Å².